The van der Waals surface area contributed by atoms with Crippen LogP contribution in [0.25, 0.3) is 0 Å². The van der Waals surface area contributed by atoms with Gasteiger partial charge < -0.3 is 9.73 Å². The number of nitrogens with zero attached hydrogens (tertiary/aromatic N) is 2. The monoisotopic (exact) mass is 385 g/mol. The van der Waals surface area contributed by atoms with Gasteiger partial charge in [0.25, 0.3) is 5.91 Å². The summed E-state index contributed by atoms with van der Waals surface area (Å²) in [5, 5.41) is 9.51. The molecule has 7 nitrogen and oxygen atoms in total. The van der Waals surface area contributed by atoms with Crippen LogP contribution in [0.5, 0.6) is 0 Å². The van der Waals surface area contributed by atoms with Gasteiger partial charge in [-0.3, -0.25) is 4.79 Å². The number of aryl methyl sites for hydroxylation is 2. The Morgan fingerprint density at radius 1 is 1.04 bits per heavy atom. The number of amides is 1. The zero-order valence-electron chi connectivity index (χ0n) is 15.0. The van der Waals surface area contributed by atoms with Gasteiger partial charge in [0.05, 0.1) is 12.3 Å². The maximum Gasteiger partial charge on any atom is 0.335 e. The average molecular weight is 385 g/mol. The lowest BCUT2D eigenvalue weighted by Gasteiger charge is -2.05. The molecule has 1 N–H and O–H groups in total. The first-order valence-corrected chi connectivity index (χ1v) is 9.95. The van der Waals surface area contributed by atoms with E-state index in [-0.39, 0.29) is 24.1 Å². The number of carbonyl (C=O) groups is 1. The number of rotatable bonds is 6. The van der Waals surface area contributed by atoms with Crippen LogP contribution in [-0.4, -0.2) is 24.5 Å². The Morgan fingerprint density at radius 2 is 1.78 bits per heavy atom. The molecule has 27 heavy (non-hydrogen) atoms. The third-order valence-corrected chi connectivity index (χ3v) is 5.49. The minimum Gasteiger partial charge on any atom is -0.411 e. The zero-order chi connectivity index (χ0) is 19.4. The molecule has 0 spiro atoms. The smallest absolute Gasteiger partial charge is 0.335 e. The van der Waals surface area contributed by atoms with Gasteiger partial charge in [-0.15, -0.1) is 5.10 Å². The number of hydrogen-bond acceptors (Lipinski definition) is 6. The van der Waals surface area contributed by atoms with Gasteiger partial charge in [0.2, 0.25) is 15.7 Å². The molecule has 8 heteroatoms. The molecule has 0 saturated carbocycles. The van der Waals surface area contributed by atoms with Crippen LogP contribution in [0.1, 0.15) is 32.9 Å². The van der Waals surface area contributed by atoms with Crippen LogP contribution in [0.15, 0.2) is 58.2 Å². The summed E-state index contributed by atoms with van der Waals surface area (Å²) in [6, 6.07) is 14.1. The molecule has 1 heterocycles. The maximum absolute atomic E-state index is 12.4. The van der Waals surface area contributed by atoms with Gasteiger partial charge >= 0.3 is 5.22 Å². The minimum absolute atomic E-state index is 0.0267. The molecule has 0 unspecified atom stereocenters. The van der Waals surface area contributed by atoms with Gasteiger partial charge in [-0.1, -0.05) is 41.5 Å². The summed E-state index contributed by atoms with van der Waals surface area (Å²) in [5.74, 6) is -0.506. The van der Waals surface area contributed by atoms with E-state index in [0.717, 1.165) is 11.1 Å². The molecule has 1 amide bonds. The largest absolute Gasteiger partial charge is 0.411 e. The molecule has 2 aromatic carbocycles. The van der Waals surface area contributed by atoms with Gasteiger partial charge in [0.15, 0.2) is 0 Å². The van der Waals surface area contributed by atoms with Crippen molar-refractivity contribution in [3.05, 3.63) is 76.7 Å². The molecule has 0 radical (unpaired) electrons. The van der Waals surface area contributed by atoms with Gasteiger partial charge in [0.1, 0.15) is 0 Å². The second-order valence-corrected chi connectivity index (χ2v) is 8.06. The highest BCUT2D eigenvalue weighted by Crippen LogP contribution is 2.15. The van der Waals surface area contributed by atoms with Gasteiger partial charge in [0, 0.05) is 5.56 Å². The fourth-order valence-electron chi connectivity index (χ4n) is 2.43. The summed E-state index contributed by atoms with van der Waals surface area (Å²) >= 11 is 0. The van der Waals surface area contributed by atoms with E-state index < -0.39 is 15.1 Å². The van der Waals surface area contributed by atoms with Gasteiger partial charge in [-0.25, -0.2) is 8.42 Å². The summed E-state index contributed by atoms with van der Waals surface area (Å²) in [7, 11) is -3.75. The van der Waals surface area contributed by atoms with Crippen molar-refractivity contribution in [3.63, 3.8) is 0 Å². The predicted octanol–water partition coefficient (Wildman–Crippen LogP) is 2.59. The van der Waals surface area contributed by atoms with E-state index in [1.807, 2.05) is 19.9 Å². The second-order valence-electron chi connectivity index (χ2n) is 6.19. The van der Waals surface area contributed by atoms with E-state index >= 15 is 0 Å². The normalized spacial score (nSPS) is 11.3. The van der Waals surface area contributed by atoms with Crippen LogP contribution in [0, 0.1) is 13.8 Å². The molecule has 0 atom stereocenters. The van der Waals surface area contributed by atoms with Crippen molar-refractivity contribution in [2.24, 2.45) is 0 Å². The van der Waals surface area contributed by atoms with Crippen molar-refractivity contribution in [1.82, 2.24) is 15.5 Å². The molecule has 0 aliphatic carbocycles. The number of sulfone groups is 1. The molecule has 0 fully saturated rings. The van der Waals surface area contributed by atoms with Crippen LogP contribution in [-0.2, 0) is 22.1 Å². The highest BCUT2D eigenvalue weighted by atomic mass is 32.2. The standard InChI is InChI=1S/C19H19N3O4S/c1-13-8-9-16(10-14(13)2)18(23)20-11-17-21-22-19(26-17)27(24,25)12-15-6-4-3-5-7-15/h3-10H,11-12H2,1-2H3,(H,20,23). The molecular formula is C19H19N3O4S. The molecule has 0 saturated heterocycles. The Morgan fingerprint density at radius 3 is 2.48 bits per heavy atom. The molecule has 0 aliphatic rings. The Balaban J connectivity index is 1.65. The number of benzene rings is 2. The molecule has 1 aromatic heterocycles. The molecular weight excluding hydrogens is 366 g/mol. The molecule has 3 rings (SSSR count). The highest BCUT2D eigenvalue weighted by Gasteiger charge is 2.23. The summed E-state index contributed by atoms with van der Waals surface area (Å²) in [6.45, 7) is 3.83. The second kappa shape index (κ2) is 7.71. The zero-order valence-corrected chi connectivity index (χ0v) is 15.8. The van der Waals surface area contributed by atoms with E-state index in [1.54, 1.807) is 42.5 Å². The van der Waals surface area contributed by atoms with Crippen LogP contribution in [0.3, 0.4) is 0 Å². The predicted molar refractivity (Wildman–Crippen MR) is 98.7 cm³/mol. The Hall–Kier alpha value is -3.00. The fraction of sp³-hybridized carbons (Fsp3) is 0.211. The minimum atomic E-state index is -3.75. The summed E-state index contributed by atoms with van der Waals surface area (Å²) in [5.41, 5.74) is 3.24. The summed E-state index contributed by atoms with van der Waals surface area (Å²) in [4.78, 5) is 12.2. The van der Waals surface area contributed by atoms with E-state index in [9.17, 15) is 13.2 Å². The number of carbonyl (C=O) groups excluding carboxylic acids is 1. The van der Waals surface area contributed by atoms with Crippen LogP contribution < -0.4 is 5.32 Å². The van der Waals surface area contributed by atoms with Crippen molar-refractivity contribution in [3.8, 4) is 0 Å². The number of nitrogens with one attached hydrogen (secondary N) is 1. The highest BCUT2D eigenvalue weighted by molar-refractivity contribution is 7.90. The van der Waals surface area contributed by atoms with Crippen molar-refractivity contribution < 1.29 is 17.6 Å². The van der Waals surface area contributed by atoms with Crippen LogP contribution >= 0.6 is 0 Å². The average Bonchev–Trinajstić information content (AvgIpc) is 3.12. The summed E-state index contributed by atoms with van der Waals surface area (Å²) < 4.78 is 29.9. The van der Waals surface area contributed by atoms with Crippen molar-refractivity contribution >= 4 is 15.7 Å². The van der Waals surface area contributed by atoms with E-state index in [1.165, 1.54) is 0 Å². The first kappa shape index (κ1) is 18.8. The lowest BCUT2D eigenvalue weighted by atomic mass is 10.1. The van der Waals surface area contributed by atoms with E-state index in [4.69, 9.17) is 4.42 Å². The number of hydrogen-bond donors (Lipinski definition) is 1. The Labute approximate surface area is 157 Å². The van der Waals surface area contributed by atoms with Crippen molar-refractivity contribution in [2.45, 2.75) is 31.4 Å². The van der Waals surface area contributed by atoms with Gasteiger partial charge in [-0.2, -0.15) is 0 Å². The lowest BCUT2D eigenvalue weighted by Crippen LogP contribution is -2.23. The quantitative estimate of drug-likeness (QED) is 0.700. The van der Waals surface area contributed by atoms with Crippen LogP contribution in [0.4, 0.5) is 0 Å². The van der Waals surface area contributed by atoms with E-state index in [2.05, 4.69) is 15.5 Å². The molecule has 0 bridgehead atoms. The molecule has 3 aromatic rings. The SMILES string of the molecule is Cc1ccc(C(=O)NCc2nnc(S(=O)(=O)Cc3ccccc3)o2)cc1C. The molecule has 0 aliphatic heterocycles. The first-order chi connectivity index (χ1) is 12.8. The number of aromatic nitrogens is 2. The van der Waals surface area contributed by atoms with Crippen molar-refractivity contribution in [1.29, 1.82) is 0 Å². The van der Waals surface area contributed by atoms with Gasteiger partial charge in [-0.05, 0) is 42.7 Å². The fourth-order valence-corrected chi connectivity index (χ4v) is 3.57. The third kappa shape index (κ3) is 4.59. The topological polar surface area (TPSA) is 102 Å². The van der Waals surface area contributed by atoms with Crippen molar-refractivity contribution in [2.75, 3.05) is 0 Å². The maximum atomic E-state index is 12.4. The first-order valence-electron chi connectivity index (χ1n) is 8.30. The lowest BCUT2D eigenvalue weighted by molar-refractivity contribution is 0.0946. The Bertz CT molecular complexity index is 1060. The summed E-state index contributed by atoms with van der Waals surface area (Å²) in [6.07, 6.45) is 0. The van der Waals surface area contributed by atoms with E-state index in [0.29, 0.717) is 11.1 Å². The van der Waals surface area contributed by atoms with Crippen LogP contribution in [0.2, 0.25) is 0 Å². The molecule has 140 valence electrons. The third-order valence-electron chi connectivity index (χ3n) is 4.08. The Kier molecular flexibility index (Phi) is 5.36.